The first kappa shape index (κ1) is 16.5. The van der Waals surface area contributed by atoms with Gasteiger partial charge in [0.15, 0.2) is 0 Å². The van der Waals surface area contributed by atoms with Crippen molar-refractivity contribution in [2.75, 3.05) is 26.2 Å². The summed E-state index contributed by atoms with van der Waals surface area (Å²) in [6.45, 7) is 3.24. The average Bonchev–Trinajstić information content (AvgIpc) is 3.11. The second kappa shape index (κ2) is 7.47. The number of amides is 2. The lowest BCUT2D eigenvalue weighted by Gasteiger charge is -2.33. The summed E-state index contributed by atoms with van der Waals surface area (Å²) in [5.41, 5.74) is 1.02. The lowest BCUT2D eigenvalue weighted by Crippen LogP contribution is -2.44. The van der Waals surface area contributed by atoms with Gasteiger partial charge in [0.2, 0.25) is 11.8 Å². The van der Waals surface area contributed by atoms with E-state index in [0.29, 0.717) is 25.4 Å². The summed E-state index contributed by atoms with van der Waals surface area (Å²) in [6.07, 6.45) is 4.30. The molecule has 0 spiro atoms. The number of halogens is 1. The Morgan fingerprint density at radius 3 is 2.30 bits per heavy atom. The van der Waals surface area contributed by atoms with Crippen molar-refractivity contribution in [1.82, 2.24) is 9.80 Å². The van der Waals surface area contributed by atoms with Crippen LogP contribution >= 0.6 is 15.9 Å². The Balaban J connectivity index is 1.51. The molecule has 2 heterocycles. The first-order valence-corrected chi connectivity index (χ1v) is 9.24. The average molecular weight is 379 g/mol. The van der Waals surface area contributed by atoms with Gasteiger partial charge in [-0.3, -0.25) is 9.59 Å². The van der Waals surface area contributed by atoms with Crippen molar-refractivity contribution in [3.05, 3.63) is 34.3 Å². The third kappa shape index (κ3) is 3.94. The molecule has 0 bridgehead atoms. The molecule has 1 aromatic rings. The van der Waals surface area contributed by atoms with Crippen LogP contribution in [0.4, 0.5) is 0 Å². The monoisotopic (exact) mass is 378 g/mol. The Kier molecular flexibility index (Phi) is 5.36. The summed E-state index contributed by atoms with van der Waals surface area (Å²) in [4.78, 5) is 28.8. The number of likely N-dealkylation sites (tertiary alicyclic amines) is 2. The van der Waals surface area contributed by atoms with E-state index >= 15 is 0 Å². The Labute approximate surface area is 146 Å². The maximum Gasteiger partial charge on any atom is 0.227 e. The summed E-state index contributed by atoms with van der Waals surface area (Å²) < 4.78 is 0.979. The van der Waals surface area contributed by atoms with Crippen molar-refractivity contribution in [3.8, 4) is 0 Å². The van der Waals surface area contributed by atoms with Gasteiger partial charge in [-0.05, 0) is 37.3 Å². The Morgan fingerprint density at radius 2 is 1.65 bits per heavy atom. The fourth-order valence-electron chi connectivity index (χ4n) is 3.49. The summed E-state index contributed by atoms with van der Waals surface area (Å²) in [5.74, 6) is 0.574. The highest BCUT2D eigenvalue weighted by atomic mass is 79.9. The molecule has 23 heavy (non-hydrogen) atoms. The van der Waals surface area contributed by atoms with Gasteiger partial charge in [-0.25, -0.2) is 0 Å². The van der Waals surface area contributed by atoms with E-state index < -0.39 is 0 Å². The van der Waals surface area contributed by atoms with Gasteiger partial charge in [-0.15, -0.1) is 0 Å². The summed E-state index contributed by atoms with van der Waals surface area (Å²) in [7, 11) is 0. The molecule has 0 atom stereocenters. The minimum atomic E-state index is 0.112. The lowest BCUT2D eigenvalue weighted by molar-refractivity contribution is -0.139. The molecule has 0 radical (unpaired) electrons. The standard InChI is InChI=1S/C18H23BrN2O2/c19-16-6-2-1-5-15(16)13-17(22)20-11-7-14(8-12-20)18(23)21-9-3-4-10-21/h1-2,5-6,14H,3-4,7-13H2. The van der Waals surface area contributed by atoms with E-state index in [1.54, 1.807) is 0 Å². The van der Waals surface area contributed by atoms with Crippen molar-refractivity contribution >= 4 is 27.7 Å². The third-order valence-electron chi connectivity index (χ3n) is 4.91. The maximum absolute atomic E-state index is 12.5. The number of nitrogens with zero attached hydrogens (tertiary/aromatic N) is 2. The molecule has 2 aliphatic heterocycles. The van der Waals surface area contributed by atoms with Gasteiger partial charge in [0.25, 0.3) is 0 Å². The molecule has 2 aliphatic rings. The van der Waals surface area contributed by atoms with Crippen LogP contribution in [0.5, 0.6) is 0 Å². The van der Waals surface area contributed by atoms with E-state index in [0.717, 1.165) is 48.8 Å². The van der Waals surface area contributed by atoms with Crippen molar-refractivity contribution in [2.45, 2.75) is 32.1 Å². The number of piperidine rings is 1. The van der Waals surface area contributed by atoms with Gasteiger partial charge < -0.3 is 9.80 Å². The van der Waals surface area contributed by atoms with E-state index in [9.17, 15) is 9.59 Å². The van der Waals surface area contributed by atoms with Crippen molar-refractivity contribution in [3.63, 3.8) is 0 Å². The molecule has 124 valence electrons. The molecule has 0 unspecified atom stereocenters. The van der Waals surface area contributed by atoms with Gasteiger partial charge in [-0.1, -0.05) is 34.1 Å². The molecular formula is C18H23BrN2O2. The smallest absolute Gasteiger partial charge is 0.227 e. The zero-order valence-electron chi connectivity index (χ0n) is 13.3. The predicted octanol–water partition coefficient (Wildman–Crippen LogP) is 2.85. The van der Waals surface area contributed by atoms with E-state index in [2.05, 4.69) is 15.9 Å². The Bertz CT molecular complexity index is 576. The van der Waals surface area contributed by atoms with E-state index in [1.807, 2.05) is 34.1 Å². The molecular weight excluding hydrogens is 356 g/mol. The fraction of sp³-hybridized carbons (Fsp3) is 0.556. The Hall–Kier alpha value is -1.36. The highest BCUT2D eigenvalue weighted by Gasteiger charge is 2.31. The molecule has 0 aliphatic carbocycles. The van der Waals surface area contributed by atoms with Gasteiger partial charge >= 0.3 is 0 Å². The van der Waals surface area contributed by atoms with Crippen LogP contribution in [0.25, 0.3) is 0 Å². The van der Waals surface area contributed by atoms with Gasteiger partial charge in [0.1, 0.15) is 0 Å². The highest BCUT2D eigenvalue weighted by molar-refractivity contribution is 9.10. The van der Waals surface area contributed by atoms with E-state index in [4.69, 9.17) is 0 Å². The van der Waals surface area contributed by atoms with Crippen LogP contribution in [0.1, 0.15) is 31.2 Å². The van der Waals surface area contributed by atoms with Crippen LogP contribution in [0.2, 0.25) is 0 Å². The second-order valence-electron chi connectivity index (χ2n) is 6.46. The molecule has 0 saturated carbocycles. The zero-order chi connectivity index (χ0) is 16.2. The summed E-state index contributed by atoms with van der Waals surface area (Å²) in [5, 5.41) is 0. The zero-order valence-corrected chi connectivity index (χ0v) is 14.9. The van der Waals surface area contributed by atoms with Crippen LogP contribution in [0, 0.1) is 5.92 Å². The van der Waals surface area contributed by atoms with Crippen molar-refractivity contribution in [1.29, 1.82) is 0 Å². The lowest BCUT2D eigenvalue weighted by atomic mass is 9.95. The minimum Gasteiger partial charge on any atom is -0.342 e. The molecule has 0 aromatic heterocycles. The first-order chi connectivity index (χ1) is 11.1. The Morgan fingerprint density at radius 1 is 1.00 bits per heavy atom. The summed E-state index contributed by atoms with van der Waals surface area (Å²) >= 11 is 3.49. The van der Waals surface area contributed by atoms with Gasteiger partial charge in [0.05, 0.1) is 6.42 Å². The van der Waals surface area contributed by atoms with Crippen molar-refractivity contribution < 1.29 is 9.59 Å². The van der Waals surface area contributed by atoms with Crippen LogP contribution in [-0.2, 0) is 16.0 Å². The topological polar surface area (TPSA) is 40.6 Å². The normalized spacial score (nSPS) is 19.2. The number of hydrogen-bond acceptors (Lipinski definition) is 2. The van der Waals surface area contributed by atoms with Crippen molar-refractivity contribution in [2.24, 2.45) is 5.92 Å². The molecule has 2 fully saturated rings. The molecule has 4 nitrogen and oxygen atoms in total. The predicted molar refractivity (Wildman–Crippen MR) is 93.0 cm³/mol. The number of benzene rings is 1. The van der Waals surface area contributed by atoms with Gasteiger partial charge in [-0.2, -0.15) is 0 Å². The molecule has 2 saturated heterocycles. The first-order valence-electron chi connectivity index (χ1n) is 8.45. The van der Waals surface area contributed by atoms with Crippen LogP contribution in [0.3, 0.4) is 0 Å². The van der Waals surface area contributed by atoms with E-state index in [1.165, 1.54) is 0 Å². The van der Waals surface area contributed by atoms with E-state index in [-0.39, 0.29) is 11.8 Å². The second-order valence-corrected chi connectivity index (χ2v) is 7.31. The molecule has 2 amide bonds. The molecule has 3 rings (SSSR count). The quantitative estimate of drug-likeness (QED) is 0.811. The molecule has 1 aromatic carbocycles. The fourth-order valence-corrected chi connectivity index (χ4v) is 3.91. The number of rotatable bonds is 3. The molecule has 0 N–H and O–H groups in total. The molecule has 5 heteroatoms. The number of carbonyl (C=O) groups excluding carboxylic acids is 2. The highest BCUT2D eigenvalue weighted by Crippen LogP contribution is 2.23. The van der Waals surface area contributed by atoms with Crippen LogP contribution in [0.15, 0.2) is 28.7 Å². The largest absolute Gasteiger partial charge is 0.342 e. The number of hydrogen-bond donors (Lipinski definition) is 0. The summed E-state index contributed by atoms with van der Waals surface area (Å²) in [6, 6.07) is 7.84. The minimum absolute atomic E-state index is 0.112. The number of carbonyl (C=O) groups is 2. The third-order valence-corrected chi connectivity index (χ3v) is 5.69. The van der Waals surface area contributed by atoms with Gasteiger partial charge in [0, 0.05) is 36.6 Å². The SMILES string of the molecule is O=C(Cc1ccccc1Br)N1CCC(C(=O)N2CCCC2)CC1. The maximum atomic E-state index is 12.5. The van der Waals surface area contributed by atoms with Crippen LogP contribution < -0.4 is 0 Å². The van der Waals surface area contributed by atoms with Crippen LogP contribution in [-0.4, -0.2) is 47.8 Å².